The molecule has 0 amide bonds. The van der Waals surface area contributed by atoms with Gasteiger partial charge in [-0.3, -0.25) is 0 Å². The average Bonchev–Trinajstić information content (AvgIpc) is 2.41. The van der Waals surface area contributed by atoms with Gasteiger partial charge in [0.15, 0.2) is 0 Å². The van der Waals surface area contributed by atoms with Crippen LogP contribution in [0.3, 0.4) is 0 Å². The maximum Gasteiger partial charge on any atom is 0.107 e. The van der Waals surface area contributed by atoms with E-state index in [0.29, 0.717) is 6.04 Å². The molecule has 0 aromatic rings. The van der Waals surface area contributed by atoms with Crippen LogP contribution in [0.15, 0.2) is 0 Å². The van der Waals surface area contributed by atoms with Crippen molar-refractivity contribution >= 4 is 0 Å². The summed E-state index contributed by atoms with van der Waals surface area (Å²) in [7, 11) is 0. The first-order valence-corrected chi connectivity index (χ1v) is 7.36. The average molecular weight is 239 g/mol. The molecular weight excluding hydrogens is 214 g/mol. The molecule has 0 radical (unpaired) electrons. The SMILES string of the molecule is C1CCC(C2NCCOC23CCCOC3)CC1. The fourth-order valence-corrected chi connectivity index (χ4v) is 3.96. The molecule has 1 spiro atoms. The van der Waals surface area contributed by atoms with E-state index in [1.165, 1.54) is 38.5 Å². The van der Waals surface area contributed by atoms with Crippen LogP contribution in [0, 0.1) is 5.92 Å². The predicted molar refractivity (Wildman–Crippen MR) is 67.1 cm³/mol. The highest BCUT2D eigenvalue weighted by Crippen LogP contribution is 2.38. The topological polar surface area (TPSA) is 30.5 Å². The number of nitrogens with one attached hydrogen (secondary N) is 1. The van der Waals surface area contributed by atoms with Gasteiger partial charge in [-0.05, 0) is 31.6 Å². The van der Waals surface area contributed by atoms with Crippen LogP contribution in [0.2, 0.25) is 0 Å². The third-order valence-electron chi connectivity index (χ3n) is 4.78. The Kier molecular flexibility index (Phi) is 3.69. The molecule has 0 bridgehead atoms. The maximum absolute atomic E-state index is 6.18. The fourth-order valence-electron chi connectivity index (χ4n) is 3.96. The van der Waals surface area contributed by atoms with Crippen LogP contribution in [0.4, 0.5) is 0 Å². The summed E-state index contributed by atoms with van der Waals surface area (Å²) in [6, 6.07) is 0.539. The van der Waals surface area contributed by atoms with Gasteiger partial charge in [0.05, 0.1) is 13.2 Å². The minimum Gasteiger partial charge on any atom is -0.378 e. The molecule has 3 aliphatic rings. The van der Waals surface area contributed by atoms with Crippen LogP contribution in [0.5, 0.6) is 0 Å². The van der Waals surface area contributed by atoms with E-state index < -0.39 is 0 Å². The summed E-state index contributed by atoms with van der Waals surface area (Å²) in [5, 5.41) is 3.74. The predicted octanol–water partition coefficient (Wildman–Crippen LogP) is 2.10. The second-order valence-corrected chi connectivity index (χ2v) is 5.90. The highest BCUT2D eigenvalue weighted by molar-refractivity contribution is 5.01. The first-order valence-electron chi connectivity index (χ1n) is 7.36. The van der Waals surface area contributed by atoms with Crippen LogP contribution in [0.1, 0.15) is 44.9 Å². The lowest BCUT2D eigenvalue weighted by molar-refractivity contribution is -0.174. The van der Waals surface area contributed by atoms with E-state index in [1.807, 2.05) is 0 Å². The summed E-state index contributed by atoms with van der Waals surface area (Å²) < 4.78 is 11.9. The van der Waals surface area contributed by atoms with Gasteiger partial charge in [0.2, 0.25) is 0 Å². The van der Waals surface area contributed by atoms with Gasteiger partial charge in [0.1, 0.15) is 5.60 Å². The van der Waals surface area contributed by atoms with E-state index in [1.54, 1.807) is 0 Å². The smallest absolute Gasteiger partial charge is 0.107 e. The van der Waals surface area contributed by atoms with Gasteiger partial charge in [0, 0.05) is 19.2 Å². The summed E-state index contributed by atoms with van der Waals surface area (Å²) in [4.78, 5) is 0. The molecular formula is C14H25NO2. The zero-order valence-corrected chi connectivity index (χ0v) is 10.7. The normalized spacial score (nSPS) is 40.6. The zero-order chi connectivity index (χ0) is 11.6. The highest BCUT2D eigenvalue weighted by atomic mass is 16.5. The quantitative estimate of drug-likeness (QED) is 0.760. The Hall–Kier alpha value is -0.120. The van der Waals surface area contributed by atoms with Gasteiger partial charge in [-0.2, -0.15) is 0 Å². The molecule has 3 rings (SSSR count). The molecule has 1 N–H and O–H groups in total. The summed E-state index contributed by atoms with van der Waals surface area (Å²) in [5.41, 5.74) is -0.00148. The van der Waals surface area contributed by atoms with Gasteiger partial charge in [-0.25, -0.2) is 0 Å². The van der Waals surface area contributed by atoms with E-state index in [-0.39, 0.29) is 5.60 Å². The molecule has 2 heterocycles. The Balaban J connectivity index is 1.73. The Morgan fingerprint density at radius 1 is 1.00 bits per heavy atom. The Labute approximate surface area is 104 Å². The van der Waals surface area contributed by atoms with Crippen molar-refractivity contribution < 1.29 is 9.47 Å². The van der Waals surface area contributed by atoms with E-state index >= 15 is 0 Å². The number of ether oxygens (including phenoxy) is 2. The van der Waals surface area contributed by atoms with E-state index in [9.17, 15) is 0 Å². The highest BCUT2D eigenvalue weighted by Gasteiger charge is 2.47. The minimum atomic E-state index is -0.00148. The molecule has 3 fully saturated rings. The first kappa shape index (κ1) is 11.9. The van der Waals surface area contributed by atoms with Crippen LogP contribution in [0.25, 0.3) is 0 Å². The fraction of sp³-hybridized carbons (Fsp3) is 1.00. The Bertz CT molecular complexity index is 236. The van der Waals surface area contributed by atoms with Gasteiger partial charge in [0.25, 0.3) is 0 Å². The molecule has 2 aliphatic heterocycles. The number of hydrogen-bond donors (Lipinski definition) is 1. The van der Waals surface area contributed by atoms with Crippen molar-refractivity contribution in [3.63, 3.8) is 0 Å². The molecule has 98 valence electrons. The van der Waals surface area contributed by atoms with Crippen LogP contribution < -0.4 is 5.32 Å². The lowest BCUT2D eigenvalue weighted by Gasteiger charge is -2.50. The lowest BCUT2D eigenvalue weighted by Crippen LogP contribution is -2.64. The third-order valence-corrected chi connectivity index (χ3v) is 4.78. The number of hydrogen-bond acceptors (Lipinski definition) is 3. The molecule has 2 unspecified atom stereocenters. The van der Waals surface area contributed by atoms with Crippen molar-refractivity contribution in [2.24, 2.45) is 5.92 Å². The Morgan fingerprint density at radius 3 is 2.65 bits per heavy atom. The molecule has 17 heavy (non-hydrogen) atoms. The standard InChI is InChI=1S/C14H25NO2/c1-2-5-12(6-3-1)13-14(17-10-8-15-13)7-4-9-16-11-14/h12-13,15H,1-11H2. The second-order valence-electron chi connectivity index (χ2n) is 5.90. The Morgan fingerprint density at radius 2 is 1.88 bits per heavy atom. The summed E-state index contributed by atoms with van der Waals surface area (Å²) >= 11 is 0. The molecule has 3 nitrogen and oxygen atoms in total. The molecule has 0 aromatic heterocycles. The first-order chi connectivity index (χ1) is 8.41. The largest absolute Gasteiger partial charge is 0.378 e. The van der Waals surface area contributed by atoms with Gasteiger partial charge < -0.3 is 14.8 Å². The molecule has 3 heteroatoms. The molecule has 2 atom stereocenters. The van der Waals surface area contributed by atoms with Crippen LogP contribution >= 0.6 is 0 Å². The monoisotopic (exact) mass is 239 g/mol. The van der Waals surface area contributed by atoms with E-state index in [0.717, 1.165) is 38.7 Å². The second kappa shape index (κ2) is 5.25. The number of rotatable bonds is 1. The van der Waals surface area contributed by atoms with E-state index in [4.69, 9.17) is 9.47 Å². The van der Waals surface area contributed by atoms with Crippen molar-refractivity contribution in [1.29, 1.82) is 0 Å². The lowest BCUT2D eigenvalue weighted by atomic mass is 9.74. The minimum absolute atomic E-state index is 0.00148. The molecule has 1 aliphatic carbocycles. The molecule has 1 saturated carbocycles. The van der Waals surface area contributed by atoms with Gasteiger partial charge in [-0.15, -0.1) is 0 Å². The molecule has 2 saturated heterocycles. The zero-order valence-electron chi connectivity index (χ0n) is 10.7. The van der Waals surface area contributed by atoms with E-state index in [2.05, 4.69) is 5.32 Å². The van der Waals surface area contributed by atoms with Crippen molar-refractivity contribution in [2.45, 2.75) is 56.6 Å². The molecule has 0 aromatic carbocycles. The third kappa shape index (κ3) is 2.38. The van der Waals surface area contributed by atoms with Crippen LogP contribution in [-0.4, -0.2) is 38.0 Å². The van der Waals surface area contributed by atoms with Crippen LogP contribution in [-0.2, 0) is 9.47 Å². The van der Waals surface area contributed by atoms with Crippen molar-refractivity contribution in [3.05, 3.63) is 0 Å². The maximum atomic E-state index is 6.18. The van der Waals surface area contributed by atoms with Gasteiger partial charge in [-0.1, -0.05) is 19.3 Å². The summed E-state index contributed by atoms with van der Waals surface area (Å²) in [6.45, 7) is 3.60. The summed E-state index contributed by atoms with van der Waals surface area (Å²) in [5.74, 6) is 0.811. The number of morpholine rings is 1. The van der Waals surface area contributed by atoms with Crippen molar-refractivity contribution in [1.82, 2.24) is 5.32 Å². The van der Waals surface area contributed by atoms with Gasteiger partial charge >= 0.3 is 0 Å². The summed E-state index contributed by atoms with van der Waals surface area (Å²) in [6.07, 6.45) is 9.32. The van der Waals surface area contributed by atoms with Crippen molar-refractivity contribution in [3.8, 4) is 0 Å². The van der Waals surface area contributed by atoms with Crippen molar-refractivity contribution in [2.75, 3.05) is 26.4 Å².